The van der Waals surface area contributed by atoms with E-state index in [0.29, 0.717) is 16.9 Å². The van der Waals surface area contributed by atoms with Crippen molar-refractivity contribution in [1.82, 2.24) is 10.1 Å². The molecule has 2 aromatic heterocycles. The van der Waals surface area contributed by atoms with Crippen molar-refractivity contribution in [2.45, 2.75) is 19.7 Å². The molecule has 7 heteroatoms. The van der Waals surface area contributed by atoms with Gasteiger partial charge in [0, 0.05) is 17.5 Å². The highest BCUT2D eigenvalue weighted by molar-refractivity contribution is 5.80. The van der Waals surface area contributed by atoms with Crippen LogP contribution in [0.25, 0.3) is 10.9 Å². The molecule has 3 rings (SSSR count). The van der Waals surface area contributed by atoms with Crippen molar-refractivity contribution in [3.8, 4) is 5.75 Å². The summed E-state index contributed by atoms with van der Waals surface area (Å²) in [4.78, 5) is 3.63. The number of hydrogen-bond acceptors (Lipinski definition) is 4. The number of ether oxygens (including phenoxy) is 1. The van der Waals surface area contributed by atoms with E-state index in [1.165, 1.54) is 12.1 Å². The molecule has 0 saturated heterocycles. The van der Waals surface area contributed by atoms with Gasteiger partial charge in [0.2, 0.25) is 0 Å². The molecule has 0 aliphatic rings. The van der Waals surface area contributed by atoms with Gasteiger partial charge in [-0.2, -0.15) is 13.2 Å². The van der Waals surface area contributed by atoms with Crippen molar-refractivity contribution < 1.29 is 22.4 Å². The molecule has 22 heavy (non-hydrogen) atoms. The summed E-state index contributed by atoms with van der Waals surface area (Å²) in [6.07, 6.45) is -4.47. The Labute approximate surface area is 123 Å². The van der Waals surface area contributed by atoms with Crippen molar-refractivity contribution in [2.75, 3.05) is 0 Å². The molecule has 0 N–H and O–H groups in total. The zero-order valence-electron chi connectivity index (χ0n) is 11.5. The van der Waals surface area contributed by atoms with E-state index in [1.807, 2.05) is 0 Å². The van der Waals surface area contributed by atoms with Gasteiger partial charge in [-0.15, -0.1) is 0 Å². The molecular formula is C15H11F3N2O2. The normalized spacial score (nSPS) is 11.8. The van der Waals surface area contributed by atoms with E-state index in [2.05, 4.69) is 10.1 Å². The summed E-state index contributed by atoms with van der Waals surface area (Å²) in [5.41, 5.74) is 0.0256. The Hall–Kier alpha value is -2.57. The SMILES string of the molecule is Cc1cc(COc2ccc3ccc(C(F)(F)F)nc3c2)on1. The van der Waals surface area contributed by atoms with Crippen LogP contribution in [0.5, 0.6) is 5.75 Å². The van der Waals surface area contributed by atoms with E-state index in [9.17, 15) is 13.2 Å². The van der Waals surface area contributed by atoms with E-state index in [4.69, 9.17) is 9.26 Å². The van der Waals surface area contributed by atoms with E-state index in [0.717, 1.165) is 11.8 Å². The molecule has 3 aromatic rings. The molecule has 4 nitrogen and oxygen atoms in total. The number of rotatable bonds is 3. The Kier molecular flexibility index (Phi) is 3.48. The van der Waals surface area contributed by atoms with Gasteiger partial charge in [0.1, 0.15) is 18.1 Å². The lowest BCUT2D eigenvalue weighted by Crippen LogP contribution is -2.07. The van der Waals surface area contributed by atoms with Gasteiger partial charge in [-0.1, -0.05) is 11.2 Å². The molecule has 0 atom stereocenters. The smallest absolute Gasteiger partial charge is 0.433 e. The maximum Gasteiger partial charge on any atom is 0.433 e. The van der Waals surface area contributed by atoms with Gasteiger partial charge < -0.3 is 9.26 Å². The topological polar surface area (TPSA) is 48.2 Å². The van der Waals surface area contributed by atoms with E-state index < -0.39 is 11.9 Å². The number of hydrogen-bond donors (Lipinski definition) is 0. The molecule has 0 aliphatic carbocycles. The van der Waals surface area contributed by atoms with Gasteiger partial charge in [0.05, 0.1) is 11.2 Å². The second kappa shape index (κ2) is 5.32. The van der Waals surface area contributed by atoms with Crippen molar-refractivity contribution >= 4 is 10.9 Å². The lowest BCUT2D eigenvalue weighted by Gasteiger charge is -2.08. The van der Waals surface area contributed by atoms with Crippen LogP contribution in [0.2, 0.25) is 0 Å². The number of nitrogens with zero attached hydrogens (tertiary/aromatic N) is 2. The number of halogens is 3. The van der Waals surface area contributed by atoms with Crippen molar-refractivity contribution in [2.24, 2.45) is 0 Å². The Bertz CT molecular complexity index is 812. The Balaban J connectivity index is 1.84. The standard InChI is InChI=1S/C15H11F3N2O2/c1-9-6-12(22-20-9)8-21-11-4-2-10-3-5-14(15(16,17)18)19-13(10)7-11/h2-7H,8H2,1H3. The second-order valence-corrected chi connectivity index (χ2v) is 4.77. The number of fused-ring (bicyclic) bond motifs is 1. The first-order valence-electron chi connectivity index (χ1n) is 6.45. The summed E-state index contributed by atoms with van der Waals surface area (Å²) in [7, 11) is 0. The predicted molar refractivity (Wildman–Crippen MR) is 72.3 cm³/mol. The molecule has 1 aromatic carbocycles. The molecule has 0 unspecified atom stereocenters. The van der Waals surface area contributed by atoms with Crippen molar-refractivity contribution in [3.05, 3.63) is 53.5 Å². The minimum atomic E-state index is -4.47. The second-order valence-electron chi connectivity index (χ2n) is 4.77. The van der Waals surface area contributed by atoms with Gasteiger partial charge in [0.25, 0.3) is 0 Å². The first-order chi connectivity index (χ1) is 10.4. The quantitative estimate of drug-likeness (QED) is 0.730. The molecule has 2 heterocycles. The summed E-state index contributed by atoms with van der Waals surface area (Å²) in [6, 6.07) is 8.85. The van der Waals surface area contributed by atoms with Gasteiger partial charge in [-0.25, -0.2) is 4.98 Å². The van der Waals surface area contributed by atoms with Crippen LogP contribution < -0.4 is 4.74 Å². The minimum Gasteiger partial charge on any atom is -0.485 e. The first kappa shape index (κ1) is 14.4. The number of alkyl halides is 3. The monoisotopic (exact) mass is 308 g/mol. The fraction of sp³-hybridized carbons (Fsp3) is 0.200. The highest BCUT2D eigenvalue weighted by atomic mass is 19.4. The maximum atomic E-state index is 12.7. The largest absolute Gasteiger partial charge is 0.485 e. The van der Waals surface area contributed by atoms with Crippen molar-refractivity contribution in [3.63, 3.8) is 0 Å². The highest BCUT2D eigenvalue weighted by Gasteiger charge is 2.32. The van der Waals surface area contributed by atoms with Crippen LogP contribution >= 0.6 is 0 Å². The molecule has 0 saturated carbocycles. The number of benzene rings is 1. The molecule has 114 valence electrons. The van der Waals surface area contributed by atoms with E-state index in [-0.39, 0.29) is 12.1 Å². The average molecular weight is 308 g/mol. The van der Waals surface area contributed by atoms with Gasteiger partial charge in [-0.3, -0.25) is 0 Å². The Morgan fingerprint density at radius 2 is 1.91 bits per heavy atom. The fourth-order valence-electron chi connectivity index (χ4n) is 1.98. The number of pyridine rings is 1. The van der Waals surface area contributed by atoms with E-state index in [1.54, 1.807) is 25.1 Å². The summed E-state index contributed by atoms with van der Waals surface area (Å²) in [5.74, 6) is 0.947. The zero-order chi connectivity index (χ0) is 15.7. The van der Waals surface area contributed by atoms with Crippen LogP contribution in [0.15, 0.2) is 40.9 Å². The zero-order valence-corrected chi connectivity index (χ0v) is 11.5. The van der Waals surface area contributed by atoms with Crippen LogP contribution in [0, 0.1) is 6.92 Å². The Morgan fingerprint density at radius 1 is 1.14 bits per heavy atom. The van der Waals surface area contributed by atoms with Crippen LogP contribution in [-0.2, 0) is 12.8 Å². The molecule has 0 bridgehead atoms. The van der Waals surface area contributed by atoms with Crippen LogP contribution in [0.4, 0.5) is 13.2 Å². The first-order valence-corrected chi connectivity index (χ1v) is 6.45. The van der Waals surface area contributed by atoms with E-state index >= 15 is 0 Å². The fourth-order valence-corrected chi connectivity index (χ4v) is 1.98. The third-order valence-corrected chi connectivity index (χ3v) is 3.01. The summed E-state index contributed by atoms with van der Waals surface area (Å²) in [5, 5.41) is 4.33. The predicted octanol–water partition coefficient (Wildman–Crippen LogP) is 4.13. The maximum absolute atomic E-state index is 12.7. The lowest BCUT2D eigenvalue weighted by molar-refractivity contribution is -0.140. The molecular weight excluding hydrogens is 297 g/mol. The van der Waals surface area contributed by atoms with Gasteiger partial charge >= 0.3 is 6.18 Å². The molecule has 0 fully saturated rings. The van der Waals surface area contributed by atoms with Crippen LogP contribution in [0.1, 0.15) is 17.1 Å². The summed E-state index contributed by atoms with van der Waals surface area (Å²) >= 11 is 0. The third-order valence-electron chi connectivity index (χ3n) is 3.01. The molecule has 0 radical (unpaired) electrons. The number of aryl methyl sites for hydroxylation is 1. The van der Waals surface area contributed by atoms with Crippen LogP contribution in [0.3, 0.4) is 0 Å². The molecule has 0 aliphatic heterocycles. The average Bonchev–Trinajstić information content (AvgIpc) is 2.89. The molecule has 0 amide bonds. The van der Waals surface area contributed by atoms with Crippen molar-refractivity contribution in [1.29, 1.82) is 0 Å². The van der Waals surface area contributed by atoms with Crippen LogP contribution in [-0.4, -0.2) is 10.1 Å². The number of aromatic nitrogens is 2. The minimum absolute atomic E-state index is 0.144. The Morgan fingerprint density at radius 3 is 2.59 bits per heavy atom. The molecule has 0 spiro atoms. The summed E-state index contributed by atoms with van der Waals surface area (Å²) in [6.45, 7) is 1.93. The summed E-state index contributed by atoms with van der Waals surface area (Å²) < 4.78 is 48.5. The van der Waals surface area contributed by atoms with Gasteiger partial charge in [0.15, 0.2) is 5.76 Å². The van der Waals surface area contributed by atoms with Gasteiger partial charge in [-0.05, 0) is 25.1 Å². The third kappa shape index (κ3) is 3.03. The highest BCUT2D eigenvalue weighted by Crippen LogP contribution is 2.30. The lowest BCUT2D eigenvalue weighted by atomic mass is 10.2.